The lowest BCUT2D eigenvalue weighted by atomic mass is 10.0. The highest BCUT2D eigenvalue weighted by Crippen LogP contribution is 2.41. The SMILES string of the molecule is c1ccc(-c2ccc(-c3nc(-c4cccc(-c5ccccc5)c4)nc(-n4c5ccccc5c5ccc6c7ccc(-c8ccccc8)cc7oc6c54)n3)cc2)cc1. The van der Waals surface area contributed by atoms with E-state index >= 15 is 0 Å². The molecule has 0 saturated heterocycles. The molecular weight excluding hydrogens is 685 g/mol. The molecule has 0 aliphatic heterocycles. The maximum atomic E-state index is 6.88. The number of fused-ring (bicyclic) bond motifs is 7. The molecule has 3 heterocycles. The first-order valence-corrected chi connectivity index (χ1v) is 18.8. The number of rotatable bonds is 6. The standard InChI is InChI=1S/C51H32N4O/c1-4-13-33(14-5-1)36-23-25-37(26-24-36)49-52-50(40-20-12-19-38(31-40)34-15-6-2-7-16-34)54-51(53-49)55-45-22-11-10-21-41(45)43-29-30-44-42-28-27-39(35-17-8-3-9-18-35)32-46(42)56-48(44)47(43)55/h1-32H. The Kier molecular flexibility index (Phi) is 7.42. The van der Waals surface area contributed by atoms with Crippen molar-refractivity contribution in [2.24, 2.45) is 0 Å². The number of aromatic nitrogens is 4. The number of hydrogen-bond acceptors (Lipinski definition) is 4. The Morgan fingerprint density at radius 3 is 1.55 bits per heavy atom. The van der Waals surface area contributed by atoms with Gasteiger partial charge in [0.15, 0.2) is 17.2 Å². The van der Waals surface area contributed by atoms with Crippen molar-refractivity contribution in [2.75, 3.05) is 0 Å². The molecule has 0 unspecified atom stereocenters. The molecule has 0 radical (unpaired) electrons. The van der Waals surface area contributed by atoms with Crippen LogP contribution in [0.2, 0.25) is 0 Å². The number of furan rings is 1. The fourth-order valence-electron chi connectivity index (χ4n) is 7.93. The second-order valence-electron chi connectivity index (χ2n) is 14.0. The largest absolute Gasteiger partial charge is 0.454 e. The van der Waals surface area contributed by atoms with Crippen LogP contribution in [-0.2, 0) is 0 Å². The summed E-state index contributed by atoms with van der Waals surface area (Å²) in [6.07, 6.45) is 0. The van der Waals surface area contributed by atoms with Gasteiger partial charge in [0, 0.05) is 32.7 Å². The molecule has 3 aromatic heterocycles. The van der Waals surface area contributed by atoms with E-state index in [-0.39, 0.29) is 0 Å². The first-order chi connectivity index (χ1) is 27.7. The van der Waals surface area contributed by atoms with Crippen molar-refractivity contribution < 1.29 is 4.42 Å². The summed E-state index contributed by atoms with van der Waals surface area (Å²) in [7, 11) is 0. The number of benzene rings is 8. The van der Waals surface area contributed by atoms with E-state index in [1.54, 1.807) is 0 Å². The van der Waals surface area contributed by atoms with Crippen LogP contribution in [0.5, 0.6) is 0 Å². The molecule has 56 heavy (non-hydrogen) atoms. The zero-order valence-electron chi connectivity index (χ0n) is 30.2. The molecule has 0 bridgehead atoms. The van der Waals surface area contributed by atoms with E-state index in [0.29, 0.717) is 17.6 Å². The van der Waals surface area contributed by atoms with E-state index in [1.807, 2.05) is 18.2 Å². The van der Waals surface area contributed by atoms with Gasteiger partial charge in [0.25, 0.3) is 0 Å². The van der Waals surface area contributed by atoms with Gasteiger partial charge in [0.05, 0.1) is 5.52 Å². The molecular formula is C51H32N4O. The lowest BCUT2D eigenvalue weighted by Crippen LogP contribution is -2.06. The van der Waals surface area contributed by atoms with Crippen LogP contribution >= 0.6 is 0 Å². The topological polar surface area (TPSA) is 56.7 Å². The number of para-hydroxylation sites is 1. The minimum absolute atomic E-state index is 0.520. The van der Waals surface area contributed by atoms with Gasteiger partial charge in [-0.3, -0.25) is 4.57 Å². The predicted molar refractivity (Wildman–Crippen MR) is 229 cm³/mol. The van der Waals surface area contributed by atoms with Gasteiger partial charge in [-0.25, -0.2) is 4.98 Å². The summed E-state index contributed by atoms with van der Waals surface area (Å²) >= 11 is 0. The Bertz CT molecular complexity index is 3220. The van der Waals surface area contributed by atoms with E-state index in [1.165, 1.54) is 0 Å². The molecule has 0 saturated carbocycles. The molecule has 11 aromatic rings. The molecule has 11 rings (SSSR count). The van der Waals surface area contributed by atoms with Crippen molar-refractivity contribution in [2.45, 2.75) is 0 Å². The van der Waals surface area contributed by atoms with Gasteiger partial charge >= 0.3 is 0 Å². The maximum Gasteiger partial charge on any atom is 0.238 e. The highest BCUT2D eigenvalue weighted by atomic mass is 16.3. The summed E-state index contributed by atoms with van der Waals surface area (Å²) < 4.78 is 9.03. The van der Waals surface area contributed by atoms with Crippen LogP contribution in [0.4, 0.5) is 0 Å². The molecule has 262 valence electrons. The third-order valence-electron chi connectivity index (χ3n) is 10.7. The van der Waals surface area contributed by atoms with Crippen molar-refractivity contribution >= 4 is 43.7 Å². The minimum Gasteiger partial charge on any atom is -0.454 e. The summed E-state index contributed by atoms with van der Waals surface area (Å²) in [4.78, 5) is 15.7. The zero-order chi connectivity index (χ0) is 37.0. The van der Waals surface area contributed by atoms with Crippen molar-refractivity contribution in [3.05, 3.63) is 194 Å². The first kappa shape index (κ1) is 31.9. The van der Waals surface area contributed by atoms with E-state index in [4.69, 9.17) is 19.4 Å². The number of hydrogen-bond donors (Lipinski definition) is 0. The Hall–Kier alpha value is -7.63. The predicted octanol–water partition coefficient (Wildman–Crippen LogP) is 13.2. The Morgan fingerprint density at radius 2 is 0.839 bits per heavy atom. The quantitative estimate of drug-likeness (QED) is 0.172. The molecule has 0 amide bonds. The maximum absolute atomic E-state index is 6.88. The van der Waals surface area contributed by atoms with Crippen molar-refractivity contribution in [1.82, 2.24) is 19.5 Å². The summed E-state index contributed by atoms with van der Waals surface area (Å²) in [6.45, 7) is 0. The van der Waals surface area contributed by atoms with Crippen LogP contribution in [0.25, 0.3) is 106 Å². The molecule has 0 spiro atoms. The minimum atomic E-state index is 0.520. The Morgan fingerprint density at radius 1 is 0.339 bits per heavy atom. The molecule has 0 fully saturated rings. The van der Waals surface area contributed by atoms with Crippen LogP contribution < -0.4 is 0 Å². The van der Waals surface area contributed by atoms with E-state index < -0.39 is 0 Å². The average molecular weight is 717 g/mol. The van der Waals surface area contributed by atoms with Crippen LogP contribution in [0.15, 0.2) is 199 Å². The highest BCUT2D eigenvalue weighted by Gasteiger charge is 2.22. The van der Waals surface area contributed by atoms with Crippen molar-refractivity contribution in [3.8, 4) is 62.1 Å². The average Bonchev–Trinajstić information content (AvgIpc) is 3.83. The summed E-state index contributed by atoms with van der Waals surface area (Å²) in [5, 5.41) is 4.26. The van der Waals surface area contributed by atoms with Crippen molar-refractivity contribution in [1.29, 1.82) is 0 Å². The van der Waals surface area contributed by atoms with E-state index in [0.717, 1.165) is 88.3 Å². The van der Waals surface area contributed by atoms with Gasteiger partial charge in [-0.15, -0.1) is 0 Å². The molecule has 0 N–H and O–H groups in total. The molecule has 5 heteroatoms. The summed E-state index contributed by atoms with van der Waals surface area (Å²) in [5.74, 6) is 1.70. The summed E-state index contributed by atoms with van der Waals surface area (Å²) in [5.41, 5.74) is 12.1. The fourth-order valence-corrected chi connectivity index (χ4v) is 7.93. The first-order valence-electron chi connectivity index (χ1n) is 18.8. The van der Waals surface area contributed by atoms with Crippen molar-refractivity contribution in [3.63, 3.8) is 0 Å². The highest BCUT2D eigenvalue weighted by molar-refractivity contribution is 6.21. The normalized spacial score (nSPS) is 11.6. The lowest BCUT2D eigenvalue weighted by molar-refractivity contribution is 0.671. The van der Waals surface area contributed by atoms with Crippen LogP contribution in [-0.4, -0.2) is 19.5 Å². The third kappa shape index (κ3) is 5.37. The fraction of sp³-hybridized carbons (Fsp3) is 0. The molecule has 0 atom stereocenters. The molecule has 8 aromatic carbocycles. The van der Waals surface area contributed by atoms with Crippen LogP contribution in [0, 0.1) is 0 Å². The zero-order valence-corrected chi connectivity index (χ0v) is 30.2. The Balaban J connectivity index is 1.16. The van der Waals surface area contributed by atoms with Crippen LogP contribution in [0.1, 0.15) is 0 Å². The number of nitrogens with zero attached hydrogens (tertiary/aromatic N) is 4. The van der Waals surface area contributed by atoms with Gasteiger partial charge in [-0.2, -0.15) is 9.97 Å². The van der Waals surface area contributed by atoms with E-state index in [9.17, 15) is 0 Å². The monoisotopic (exact) mass is 716 g/mol. The smallest absolute Gasteiger partial charge is 0.238 e. The van der Waals surface area contributed by atoms with Gasteiger partial charge in [0.1, 0.15) is 11.1 Å². The second kappa shape index (κ2) is 13.0. The van der Waals surface area contributed by atoms with Gasteiger partial charge < -0.3 is 4.42 Å². The Labute approximate surface area is 322 Å². The molecule has 0 aliphatic carbocycles. The second-order valence-corrected chi connectivity index (χ2v) is 14.0. The lowest BCUT2D eigenvalue weighted by Gasteiger charge is -2.12. The van der Waals surface area contributed by atoms with Gasteiger partial charge in [-0.05, 0) is 63.7 Å². The van der Waals surface area contributed by atoms with Gasteiger partial charge in [0.2, 0.25) is 5.95 Å². The van der Waals surface area contributed by atoms with Gasteiger partial charge in [-0.1, -0.05) is 164 Å². The molecule has 0 aliphatic rings. The van der Waals surface area contributed by atoms with Crippen LogP contribution in [0.3, 0.4) is 0 Å². The summed E-state index contributed by atoms with van der Waals surface area (Å²) in [6, 6.07) is 67.4. The molecule has 5 nitrogen and oxygen atoms in total. The van der Waals surface area contributed by atoms with E-state index in [2.05, 4.69) is 180 Å². The third-order valence-corrected chi connectivity index (χ3v) is 10.7.